The van der Waals surface area contributed by atoms with Crippen LogP contribution < -0.4 is 10.1 Å². The highest BCUT2D eigenvalue weighted by molar-refractivity contribution is 5.76. The largest absolute Gasteiger partial charge is 0.481 e. The molecule has 2 fully saturated rings. The quantitative estimate of drug-likeness (QED) is 0.742. The number of hydrogen-bond donors (Lipinski definition) is 2. The van der Waals surface area contributed by atoms with Gasteiger partial charge in [-0.1, -0.05) is 6.07 Å². The number of carbonyl (C=O) groups excluding carboxylic acids is 1. The first kappa shape index (κ1) is 19.1. The highest BCUT2D eigenvalue weighted by Gasteiger charge is 2.35. The minimum absolute atomic E-state index is 0.0612. The van der Waals surface area contributed by atoms with Crippen molar-refractivity contribution in [3.05, 3.63) is 23.9 Å². The van der Waals surface area contributed by atoms with Gasteiger partial charge in [0.2, 0.25) is 11.8 Å². The maximum absolute atomic E-state index is 12.5. The Labute approximate surface area is 155 Å². The van der Waals surface area contributed by atoms with Crippen molar-refractivity contribution in [1.82, 2.24) is 20.1 Å². The Morgan fingerprint density at radius 1 is 1.35 bits per heavy atom. The second-order valence-corrected chi connectivity index (χ2v) is 7.46. The van der Waals surface area contributed by atoms with E-state index in [0.717, 1.165) is 51.1 Å². The van der Waals surface area contributed by atoms with Gasteiger partial charge in [0, 0.05) is 51.4 Å². The van der Waals surface area contributed by atoms with Crippen LogP contribution in [0.3, 0.4) is 0 Å². The summed E-state index contributed by atoms with van der Waals surface area (Å²) in [5.74, 6) is 0.876. The van der Waals surface area contributed by atoms with E-state index in [1.54, 1.807) is 13.3 Å². The number of ether oxygens (including phenoxy) is 1. The zero-order valence-electron chi connectivity index (χ0n) is 15.7. The first-order chi connectivity index (χ1) is 12.5. The molecule has 1 aromatic rings. The summed E-state index contributed by atoms with van der Waals surface area (Å²) in [5.41, 5.74) is 0.968. The maximum atomic E-state index is 12.5. The molecule has 1 aliphatic carbocycles. The number of aromatic nitrogens is 1. The van der Waals surface area contributed by atoms with Crippen molar-refractivity contribution in [2.24, 2.45) is 5.92 Å². The molecule has 1 saturated heterocycles. The number of nitrogens with zero attached hydrogens (tertiary/aromatic N) is 3. The Morgan fingerprint density at radius 2 is 2.08 bits per heavy atom. The van der Waals surface area contributed by atoms with Crippen LogP contribution in [0.2, 0.25) is 0 Å². The highest BCUT2D eigenvalue weighted by Crippen LogP contribution is 2.38. The molecule has 7 nitrogen and oxygen atoms in total. The van der Waals surface area contributed by atoms with Gasteiger partial charge in [0.05, 0.1) is 19.3 Å². The maximum Gasteiger partial charge on any atom is 0.221 e. The SMILES string of the molecule is COc1ccc(C(NC(=O)CCN2CCN(C)CC2)C2CC(O)C2)cn1. The molecule has 7 heteroatoms. The summed E-state index contributed by atoms with van der Waals surface area (Å²) in [6.07, 6.45) is 3.44. The number of piperazine rings is 1. The number of aliphatic hydroxyl groups is 1. The van der Waals surface area contributed by atoms with Gasteiger partial charge in [-0.25, -0.2) is 4.98 Å². The van der Waals surface area contributed by atoms with Gasteiger partial charge < -0.3 is 25.0 Å². The monoisotopic (exact) mass is 362 g/mol. The summed E-state index contributed by atoms with van der Waals surface area (Å²) in [6.45, 7) is 4.94. The molecule has 2 heterocycles. The molecule has 1 aromatic heterocycles. The third-order valence-electron chi connectivity index (χ3n) is 5.52. The van der Waals surface area contributed by atoms with Gasteiger partial charge in [0.1, 0.15) is 0 Å². The summed E-state index contributed by atoms with van der Waals surface area (Å²) < 4.78 is 5.11. The van der Waals surface area contributed by atoms with E-state index in [9.17, 15) is 9.90 Å². The molecular weight excluding hydrogens is 332 g/mol. The van der Waals surface area contributed by atoms with Gasteiger partial charge in [0.15, 0.2) is 0 Å². The predicted octanol–water partition coefficient (Wildman–Crippen LogP) is 0.656. The summed E-state index contributed by atoms with van der Waals surface area (Å²) in [7, 11) is 3.71. The summed E-state index contributed by atoms with van der Waals surface area (Å²) >= 11 is 0. The van der Waals surface area contributed by atoms with Crippen LogP contribution in [0.1, 0.15) is 30.9 Å². The summed E-state index contributed by atoms with van der Waals surface area (Å²) in [4.78, 5) is 21.4. The molecule has 1 amide bonds. The number of likely N-dealkylation sites (N-methyl/N-ethyl adjacent to an activating group) is 1. The van der Waals surface area contributed by atoms with Crippen molar-refractivity contribution in [1.29, 1.82) is 0 Å². The number of methoxy groups -OCH3 is 1. The number of rotatable bonds is 7. The lowest BCUT2D eigenvalue weighted by Gasteiger charge is -2.38. The molecule has 0 bridgehead atoms. The minimum Gasteiger partial charge on any atom is -0.481 e. The number of aliphatic hydroxyl groups excluding tert-OH is 1. The minimum atomic E-state index is -0.254. The van der Waals surface area contributed by atoms with E-state index in [1.807, 2.05) is 12.1 Å². The molecule has 2 N–H and O–H groups in total. The molecule has 3 rings (SSSR count). The Balaban J connectivity index is 1.55. The Kier molecular flexibility index (Phi) is 6.45. The van der Waals surface area contributed by atoms with E-state index in [0.29, 0.717) is 12.3 Å². The number of amides is 1. The summed E-state index contributed by atoms with van der Waals surface area (Å²) in [6, 6.07) is 3.66. The normalized spacial score (nSPS) is 25.3. The molecule has 26 heavy (non-hydrogen) atoms. The Morgan fingerprint density at radius 3 is 2.65 bits per heavy atom. The second-order valence-electron chi connectivity index (χ2n) is 7.46. The molecule has 1 unspecified atom stereocenters. The molecule has 144 valence electrons. The average Bonchev–Trinajstić information content (AvgIpc) is 2.63. The molecule has 1 atom stereocenters. The standard InChI is InChI=1S/C19H30N4O3/c1-22-7-9-23(10-8-22)6-5-17(25)21-19(15-11-16(24)12-15)14-3-4-18(26-2)20-13-14/h3-4,13,15-16,19,24H,5-12H2,1-2H3,(H,21,25). The van der Waals surface area contributed by atoms with Crippen LogP contribution in [-0.4, -0.2) is 78.8 Å². The molecule has 2 aliphatic rings. The molecule has 1 aliphatic heterocycles. The molecule has 1 saturated carbocycles. The fourth-order valence-electron chi connectivity index (χ4n) is 3.65. The van der Waals surface area contributed by atoms with Crippen molar-refractivity contribution in [2.75, 3.05) is 46.9 Å². The van der Waals surface area contributed by atoms with Gasteiger partial charge >= 0.3 is 0 Å². The van der Waals surface area contributed by atoms with Crippen molar-refractivity contribution < 1.29 is 14.6 Å². The van der Waals surface area contributed by atoms with E-state index in [1.165, 1.54) is 0 Å². The predicted molar refractivity (Wildman–Crippen MR) is 99.0 cm³/mol. The van der Waals surface area contributed by atoms with Crippen molar-refractivity contribution >= 4 is 5.91 Å². The van der Waals surface area contributed by atoms with Crippen LogP contribution in [0.4, 0.5) is 0 Å². The van der Waals surface area contributed by atoms with Crippen LogP contribution in [0.25, 0.3) is 0 Å². The zero-order chi connectivity index (χ0) is 18.5. The van der Waals surface area contributed by atoms with Gasteiger partial charge in [-0.3, -0.25) is 4.79 Å². The number of nitrogens with one attached hydrogen (secondary N) is 1. The smallest absolute Gasteiger partial charge is 0.221 e. The zero-order valence-corrected chi connectivity index (χ0v) is 15.7. The number of pyridine rings is 1. The Hall–Kier alpha value is -1.70. The second kappa shape index (κ2) is 8.79. The van der Waals surface area contributed by atoms with E-state index in [2.05, 4.69) is 27.1 Å². The lowest BCUT2D eigenvalue weighted by atomic mass is 9.75. The van der Waals surface area contributed by atoms with Gasteiger partial charge in [-0.05, 0) is 31.4 Å². The fraction of sp³-hybridized carbons (Fsp3) is 0.684. The fourth-order valence-corrected chi connectivity index (χ4v) is 3.65. The first-order valence-corrected chi connectivity index (χ1v) is 9.43. The van der Waals surface area contributed by atoms with Crippen LogP contribution in [0.5, 0.6) is 5.88 Å². The van der Waals surface area contributed by atoms with Crippen molar-refractivity contribution in [3.8, 4) is 5.88 Å². The third-order valence-corrected chi connectivity index (χ3v) is 5.52. The lowest BCUT2D eigenvalue weighted by Crippen LogP contribution is -2.46. The van der Waals surface area contributed by atoms with Crippen LogP contribution in [-0.2, 0) is 4.79 Å². The van der Waals surface area contributed by atoms with E-state index in [-0.39, 0.29) is 24.0 Å². The number of carbonyl (C=O) groups is 1. The van der Waals surface area contributed by atoms with Gasteiger partial charge in [0.25, 0.3) is 0 Å². The van der Waals surface area contributed by atoms with Crippen molar-refractivity contribution in [2.45, 2.75) is 31.4 Å². The third kappa shape index (κ3) is 4.93. The van der Waals surface area contributed by atoms with Crippen LogP contribution >= 0.6 is 0 Å². The number of hydrogen-bond acceptors (Lipinski definition) is 6. The van der Waals surface area contributed by atoms with Crippen LogP contribution in [0, 0.1) is 5.92 Å². The van der Waals surface area contributed by atoms with Gasteiger partial charge in [-0.2, -0.15) is 0 Å². The molecular formula is C19H30N4O3. The topological polar surface area (TPSA) is 77.9 Å². The molecule has 0 aromatic carbocycles. The highest BCUT2D eigenvalue weighted by atomic mass is 16.5. The molecule has 0 spiro atoms. The Bertz CT molecular complexity index is 581. The van der Waals surface area contributed by atoms with E-state index >= 15 is 0 Å². The lowest BCUT2D eigenvalue weighted by molar-refractivity contribution is -0.123. The average molecular weight is 362 g/mol. The van der Waals surface area contributed by atoms with Crippen LogP contribution in [0.15, 0.2) is 18.3 Å². The van der Waals surface area contributed by atoms with E-state index < -0.39 is 0 Å². The summed E-state index contributed by atoms with van der Waals surface area (Å²) in [5, 5.41) is 12.8. The molecule has 0 radical (unpaired) electrons. The van der Waals surface area contributed by atoms with E-state index in [4.69, 9.17) is 4.74 Å². The first-order valence-electron chi connectivity index (χ1n) is 9.43. The van der Waals surface area contributed by atoms with Crippen molar-refractivity contribution in [3.63, 3.8) is 0 Å². The van der Waals surface area contributed by atoms with Gasteiger partial charge in [-0.15, -0.1) is 0 Å².